The van der Waals surface area contributed by atoms with Gasteiger partial charge in [0.2, 0.25) is 5.91 Å². The molecule has 1 amide bonds. The van der Waals surface area contributed by atoms with Gasteiger partial charge in [0.1, 0.15) is 6.04 Å². The highest BCUT2D eigenvalue weighted by atomic mass is 16.5. The van der Waals surface area contributed by atoms with Crippen LogP contribution >= 0.6 is 0 Å². The van der Waals surface area contributed by atoms with E-state index in [0.717, 1.165) is 25.8 Å². The van der Waals surface area contributed by atoms with Crippen LogP contribution in [-0.2, 0) is 14.3 Å². The average molecular weight is 256 g/mol. The maximum Gasteiger partial charge on any atom is 0.328 e. The summed E-state index contributed by atoms with van der Waals surface area (Å²) in [4.78, 5) is 23.8. The number of carbonyl (C=O) groups excluding carboxylic acids is 2. The first kappa shape index (κ1) is 15.0. The van der Waals surface area contributed by atoms with Gasteiger partial charge in [0.25, 0.3) is 0 Å². The highest BCUT2D eigenvalue weighted by Gasteiger charge is 2.38. The number of hydrogen-bond acceptors (Lipinski definition) is 4. The first-order chi connectivity index (χ1) is 8.55. The molecule has 0 bridgehead atoms. The Kier molecular flexibility index (Phi) is 5.59. The van der Waals surface area contributed by atoms with Gasteiger partial charge in [-0.2, -0.15) is 0 Å². The third-order valence-electron chi connectivity index (χ3n) is 3.62. The molecule has 104 valence electrons. The monoisotopic (exact) mass is 256 g/mol. The number of carbonyl (C=O) groups is 2. The highest BCUT2D eigenvalue weighted by Crippen LogP contribution is 2.30. The molecule has 2 atom stereocenters. The molecule has 0 spiro atoms. The summed E-state index contributed by atoms with van der Waals surface area (Å²) in [6.45, 7) is 7.41. The van der Waals surface area contributed by atoms with Crippen molar-refractivity contribution < 1.29 is 14.3 Å². The third kappa shape index (κ3) is 3.45. The van der Waals surface area contributed by atoms with Gasteiger partial charge in [-0.3, -0.25) is 4.79 Å². The van der Waals surface area contributed by atoms with E-state index in [1.807, 2.05) is 6.92 Å². The Morgan fingerprint density at radius 1 is 1.44 bits per heavy atom. The summed E-state index contributed by atoms with van der Waals surface area (Å²) < 4.78 is 4.89. The normalized spacial score (nSPS) is 25.3. The van der Waals surface area contributed by atoms with E-state index in [1.165, 1.54) is 0 Å². The zero-order valence-corrected chi connectivity index (χ0v) is 11.5. The molecule has 5 nitrogen and oxygen atoms in total. The molecule has 1 rings (SSSR count). The number of amides is 1. The van der Waals surface area contributed by atoms with E-state index in [-0.39, 0.29) is 17.3 Å². The maximum atomic E-state index is 12.3. The lowest BCUT2D eigenvalue weighted by molar-refractivity contribution is -0.148. The fourth-order valence-electron chi connectivity index (χ4n) is 2.30. The van der Waals surface area contributed by atoms with E-state index in [0.29, 0.717) is 13.2 Å². The molecule has 2 N–H and O–H groups in total. The number of rotatable bonds is 5. The molecule has 1 heterocycles. The van der Waals surface area contributed by atoms with Crippen LogP contribution in [0.4, 0.5) is 0 Å². The van der Waals surface area contributed by atoms with E-state index in [9.17, 15) is 9.59 Å². The molecule has 0 aromatic rings. The molecule has 1 aliphatic rings. The largest absolute Gasteiger partial charge is 0.464 e. The zero-order chi connectivity index (χ0) is 13.6. The van der Waals surface area contributed by atoms with Crippen molar-refractivity contribution in [1.82, 2.24) is 10.6 Å². The van der Waals surface area contributed by atoms with Gasteiger partial charge in [0.05, 0.1) is 12.0 Å². The maximum absolute atomic E-state index is 12.3. The van der Waals surface area contributed by atoms with Gasteiger partial charge in [0, 0.05) is 6.54 Å². The Morgan fingerprint density at radius 3 is 2.67 bits per heavy atom. The van der Waals surface area contributed by atoms with Gasteiger partial charge in [-0.1, -0.05) is 6.92 Å². The molecule has 1 fully saturated rings. The minimum absolute atomic E-state index is 0.0437. The molecular weight excluding hydrogens is 232 g/mol. The van der Waals surface area contributed by atoms with Crippen molar-refractivity contribution >= 4 is 11.9 Å². The SMILES string of the molecule is CCOC(=O)C(C)NC(=O)C1(CC)CCCNC1. The highest BCUT2D eigenvalue weighted by molar-refractivity contribution is 5.88. The Balaban J connectivity index is 2.59. The van der Waals surface area contributed by atoms with E-state index < -0.39 is 6.04 Å². The minimum Gasteiger partial charge on any atom is -0.464 e. The lowest BCUT2D eigenvalue weighted by atomic mass is 9.77. The van der Waals surface area contributed by atoms with Gasteiger partial charge in [-0.25, -0.2) is 4.79 Å². The van der Waals surface area contributed by atoms with Crippen LogP contribution in [0, 0.1) is 5.41 Å². The molecule has 1 aliphatic heterocycles. The first-order valence-electron chi connectivity index (χ1n) is 6.74. The molecule has 0 radical (unpaired) electrons. The lowest BCUT2D eigenvalue weighted by Crippen LogP contribution is -2.53. The summed E-state index contributed by atoms with van der Waals surface area (Å²) in [5, 5.41) is 6.03. The van der Waals surface area contributed by atoms with Crippen LogP contribution in [0.1, 0.15) is 40.0 Å². The fraction of sp³-hybridized carbons (Fsp3) is 0.846. The summed E-state index contributed by atoms with van der Waals surface area (Å²) in [6.07, 6.45) is 2.65. The van der Waals surface area contributed by atoms with Crippen molar-refractivity contribution in [2.45, 2.75) is 46.1 Å². The number of piperidine rings is 1. The molecular formula is C13H24N2O3. The van der Waals surface area contributed by atoms with Crippen LogP contribution in [0.3, 0.4) is 0 Å². The van der Waals surface area contributed by atoms with Crippen molar-refractivity contribution in [2.75, 3.05) is 19.7 Å². The van der Waals surface area contributed by atoms with Crippen LogP contribution in [0.25, 0.3) is 0 Å². The Bertz CT molecular complexity index is 299. The first-order valence-corrected chi connectivity index (χ1v) is 6.74. The summed E-state index contributed by atoms with van der Waals surface area (Å²) in [7, 11) is 0. The lowest BCUT2D eigenvalue weighted by Gasteiger charge is -2.36. The number of nitrogens with one attached hydrogen (secondary N) is 2. The summed E-state index contributed by atoms with van der Waals surface area (Å²) in [6, 6.07) is -0.581. The zero-order valence-electron chi connectivity index (χ0n) is 11.5. The molecule has 18 heavy (non-hydrogen) atoms. The third-order valence-corrected chi connectivity index (χ3v) is 3.62. The van der Waals surface area contributed by atoms with Crippen molar-refractivity contribution in [3.63, 3.8) is 0 Å². The van der Waals surface area contributed by atoms with Gasteiger partial charge in [0.15, 0.2) is 0 Å². The van der Waals surface area contributed by atoms with Gasteiger partial charge in [-0.15, -0.1) is 0 Å². The van der Waals surface area contributed by atoms with Crippen molar-refractivity contribution in [2.24, 2.45) is 5.41 Å². The molecule has 1 saturated heterocycles. The van der Waals surface area contributed by atoms with Gasteiger partial charge in [-0.05, 0) is 39.7 Å². The van der Waals surface area contributed by atoms with Crippen molar-refractivity contribution in [1.29, 1.82) is 0 Å². The minimum atomic E-state index is -0.581. The van der Waals surface area contributed by atoms with Crippen molar-refractivity contribution in [3.05, 3.63) is 0 Å². The molecule has 2 unspecified atom stereocenters. The summed E-state index contributed by atoms with van der Waals surface area (Å²) in [5.74, 6) is -0.418. The van der Waals surface area contributed by atoms with Gasteiger partial charge >= 0.3 is 5.97 Å². The van der Waals surface area contributed by atoms with Gasteiger partial charge < -0.3 is 15.4 Å². The Morgan fingerprint density at radius 2 is 2.17 bits per heavy atom. The molecule has 0 saturated carbocycles. The van der Waals surface area contributed by atoms with Crippen molar-refractivity contribution in [3.8, 4) is 0 Å². The smallest absolute Gasteiger partial charge is 0.328 e. The molecule has 5 heteroatoms. The van der Waals surface area contributed by atoms with Crippen LogP contribution < -0.4 is 10.6 Å². The number of hydrogen-bond donors (Lipinski definition) is 2. The second kappa shape index (κ2) is 6.73. The van der Waals surface area contributed by atoms with Crippen LogP contribution in [0.15, 0.2) is 0 Å². The second-order valence-corrected chi connectivity index (χ2v) is 4.86. The van der Waals surface area contributed by atoms with E-state index >= 15 is 0 Å². The van der Waals surface area contributed by atoms with Crippen LogP contribution in [-0.4, -0.2) is 37.6 Å². The molecule has 0 aliphatic carbocycles. The standard InChI is InChI=1S/C13H24N2O3/c1-4-13(7-6-8-14-9-13)12(17)15-10(3)11(16)18-5-2/h10,14H,4-9H2,1-3H3,(H,15,17). The van der Waals surface area contributed by atoms with Crippen LogP contribution in [0.5, 0.6) is 0 Å². The summed E-state index contributed by atoms with van der Waals surface area (Å²) >= 11 is 0. The Labute approximate surface area is 109 Å². The molecule has 0 aromatic carbocycles. The average Bonchev–Trinajstić information content (AvgIpc) is 2.39. The van der Waals surface area contributed by atoms with E-state index in [4.69, 9.17) is 4.74 Å². The van der Waals surface area contributed by atoms with E-state index in [1.54, 1.807) is 13.8 Å². The summed E-state index contributed by atoms with van der Waals surface area (Å²) in [5.41, 5.74) is -0.376. The van der Waals surface area contributed by atoms with E-state index in [2.05, 4.69) is 10.6 Å². The topological polar surface area (TPSA) is 67.4 Å². The predicted molar refractivity (Wildman–Crippen MR) is 69.1 cm³/mol. The second-order valence-electron chi connectivity index (χ2n) is 4.86. The number of ether oxygens (including phenoxy) is 1. The van der Waals surface area contributed by atoms with Crippen LogP contribution in [0.2, 0.25) is 0 Å². The Hall–Kier alpha value is -1.10. The predicted octanol–water partition coefficient (Wildman–Crippen LogP) is 0.834. The molecule has 0 aromatic heterocycles. The fourth-order valence-corrected chi connectivity index (χ4v) is 2.30. The quantitative estimate of drug-likeness (QED) is 0.715. The number of esters is 1.